The van der Waals surface area contributed by atoms with E-state index in [1.807, 2.05) is 0 Å². The topological polar surface area (TPSA) is 63.7 Å². The van der Waals surface area contributed by atoms with Crippen molar-refractivity contribution in [2.24, 2.45) is 0 Å². The first-order valence-electron chi connectivity index (χ1n) is 5.41. The van der Waals surface area contributed by atoms with Crippen LogP contribution in [-0.4, -0.2) is 46.6 Å². The number of ketones is 1. The number of carbonyl (C=O) groups is 3. The highest BCUT2D eigenvalue weighted by molar-refractivity contribution is 9.10. The van der Waals surface area contributed by atoms with Gasteiger partial charge in [0.1, 0.15) is 6.04 Å². The average Bonchev–Trinajstić information content (AvgIpc) is 2.75. The first-order valence-corrected chi connectivity index (χ1v) is 6.20. The molecule has 1 rings (SSSR count). The molecule has 6 heteroatoms. The number of methoxy groups -OCH3 is 1. The summed E-state index contributed by atoms with van der Waals surface area (Å²) in [5.74, 6) is -1.08. The van der Waals surface area contributed by atoms with E-state index in [0.717, 1.165) is 6.42 Å². The average molecular weight is 306 g/mol. The van der Waals surface area contributed by atoms with Gasteiger partial charge in [0.25, 0.3) is 0 Å². The zero-order chi connectivity index (χ0) is 13.2. The van der Waals surface area contributed by atoms with Crippen LogP contribution in [-0.2, 0) is 19.1 Å². The first kappa shape index (κ1) is 14.2. The summed E-state index contributed by atoms with van der Waals surface area (Å²) in [6.45, 7) is 3.33. The Morgan fingerprint density at radius 2 is 2.00 bits per heavy atom. The quantitative estimate of drug-likeness (QED) is 0.441. The number of alkyl halides is 1. The summed E-state index contributed by atoms with van der Waals surface area (Å²) in [6, 6.07) is -0.566. The lowest BCUT2D eigenvalue weighted by Gasteiger charge is -2.29. The van der Waals surface area contributed by atoms with E-state index in [4.69, 9.17) is 0 Å². The molecule has 0 radical (unpaired) electrons. The van der Waals surface area contributed by atoms with Crippen molar-refractivity contribution >= 4 is 33.6 Å². The van der Waals surface area contributed by atoms with Gasteiger partial charge in [-0.25, -0.2) is 4.79 Å². The van der Waals surface area contributed by atoms with E-state index >= 15 is 0 Å². The highest BCUT2D eigenvalue weighted by Crippen LogP contribution is 2.27. The second kappa shape index (κ2) is 5.16. The molecule has 1 amide bonds. The van der Waals surface area contributed by atoms with Crippen molar-refractivity contribution in [3.63, 3.8) is 0 Å². The molecular formula is C11H16BrNO4. The summed E-state index contributed by atoms with van der Waals surface area (Å²) in [5, 5.41) is 0. The molecular weight excluding hydrogens is 290 g/mol. The molecule has 0 aromatic heterocycles. The summed E-state index contributed by atoms with van der Waals surface area (Å²) in [6.07, 6.45) is 1.33. The first-order chi connectivity index (χ1) is 7.82. The lowest BCUT2D eigenvalue weighted by atomic mass is 10.1. The summed E-state index contributed by atoms with van der Waals surface area (Å²) in [4.78, 5) is 36.5. The molecule has 96 valence electrons. The predicted octanol–water partition coefficient (Wildman–Crippen LogP) is 0.893. The third-order valence-electron chi connectivity index (χ3n) is 3.05. The van der Waals surface area contributed by atoms with E-state index < -0.39 is 16.3 Å². The van der Waals surface area contributed by atoms with Gasteiger partial charge in [0.15, 0.2) is 10.1 Å². The SMILES string of the molecule is COC(=O)[C@@H]1CCCN1C(=O)C(C)(Br)C(C)=O. The van der Waals surface area contributed by atoms with Crippen molar-refractivity contribution in [1.29, 1.82) is 0 Å². The van der Waals surface area contributed by atoms with Crippen LogP contribution in [0.15, 0.2) is 0 Å². The molecule has 0 aromatic rings. The monoisotopic (exact) mass is 305 g/mol. The van der Waals surface area contributed by atoms with Gasteiger partial charge in [-0.2, -0.15) is 0 Å². The van der Waals surface area contributed by atoms with Gasteiger partial charge in [-0.1, -0.05) is 15.9 Å². The van der Waals surface area contributed by atoms with Crippen LogP contribution in [0.25, 0.3) is 0 Å². The largest absolute Gasteiger partial charge is 0.467 e. The number of ether oxygens (including phenoxy) is 1. The summed E-state index contributed by atoms with van der Waals surface area (Å²) < 4.78 is 3.39. The molecule has 0 bridgehead atoms. The lowest BCUT2D eigenvalue weighted by molar-refractivity contribution is -0.152. The maximum atomic E-state index is 12.2. The van der Waals surface area contributed by atoms with Gasteiger partial charge in [0, 0.05) is 6.54 Å². The van der Waals surface area contributed by atoms with Crippen LogP contribution in [0.5, 0.6) is 0 Å². The Balaban J connectivity index is 2.89. The van der Waals surface area contributed by atoms with Crippen molar-refractivity contribution in [2.75, 3.05) is 13.7 Å². The van der Waals surface area contributed by atoms with Gasteiger partial charge in [0.05, 0.1) is 7.11 Å². The Hall–Kier alpha value is -0.910. The molecule has 0 aliphatic carbocycles. The second-order valence-electron chi connectivity index (χ2n) is 4.24. The van der Waals surface area contributed by atoms with Crippen LogP contribution < -0.4 is 0 Å². The number of rotatable bonds is 3. The molecule has 1 fully saturated rings. The van der Waals surface area contributed by atoms with Gasteiger partial charge in [-0.3, -0.25) is 9.59 Å². The van der Waals surface area contributed by atoms with Crippen LogP contribution in [0.2, 0.25) is 0 Å². The van der Waals surface area contributed by atoms with Gasteiger partial charge in [-0.15, -0.1) is 0 Å². The zero-order valence-electron chi connectivity index (χ0n) is 10.2. The minimum absolute atomic E-state index is 0.280. The fourth-order valence-electron chi connectivity index (χ4n) is 1.81. The number of carbonyl (C=O) groups excluding carboxylic acids is 3. The number of esters is 1. The molecule has 1 saturated heterocycles. The molecule has 0 aromatic carbocycles. The third-order valence-corrected chi connectivity index (χ3v) is 3.95. The number of hydrogen-bond donors (Lipinski definition) is 0. The van der Waals surface area contributed by atoms with Crippen molar-refractivity contribution in [1.82, 2.24) is 4.90 Å². The molecule has 1 aliphatic heterocycles. The van der Waals surface area contributed by atoms with E-state index in [1.165, 1.54) is 25.9 Å². The minimum Gasteiger partial charge on any atom is -0.467 e. The fourth-order valence-corrected chi connectivity index (χ4v) is 2.04. The van der Waals surface area contributed by atoms with Crippen LogP contribution in [0, 0.1) is 0 Å². The maximum absolute atomic E-state index is 12.2. The van der Waals surface area contributed by atoms with E-state index in [2.05, 4.69) is 20.7 Å². The molecule has 1 aliphatic rings. The number of Topliss-reactive ketones (excluding diaryl/α,β-unsaturated/α-hetero) is 1. The van der Waals surface area contributed by atoms with Gasteiger partial charge in [-0.05, 0) is 26.7 Å². The Morgan fingerprint density at radius 3 is 2.47 bits per heavy atom. The van der Waals surface area contributed by atoms with Gasteiger partial charge < -0.3 is 9.64 Å². The lowest BCUT2D eigenvalue weighted by Crippen LogP contribution is -2.51. The molecule has 5 nitrogen and oxygen atoms in total. The second-order valence-corrected chi connectivity index (χ2v) is 5.82. The Labute approximate surface area is 109 Å². The number of halogens is 1. The van der Waals surface area contributed by atoms with Crippen LogP contribution >= 0.6 is 15.9 Å². The summed E-state index contributed by atoms with van der Waals surface area (Å²) in [7, 11) is 1.29. The van der Waals surface area contributed by atoms with Crippen molar-refractivity contribution in [3.05, 3.63) is 0 Å². The highest BCUT2D eigenvalue weighted by Gasteiger charge is 2.44. The molecule has 2 atom stereocenters. The standard InChI is InChI=1S/C11H16BrNO4/c1-7(14)11(2,12)10(16)13-6-4-5-8(13)9(15)17-3/h8H,4-6H2,1-3H3/t8-,11?/m0/s1. The molecule has 0 N–H and O–H groups in total. The van der Waals surface area contributed by atoms with Gasteiger partial charge >= 0.3 is 5.97 Å². The van der Waals surface area contributed by atoms with Crippen LogP contribution in [0.1, 0.15) is 26.7 Å². The molecule has 0 spiro atoms. The van der Waals surface area contributed by atoms with Crippen molar-refractivity contribution in [2.45, 2.75) is 37.1 Å². The van der Waals surface area contributed by atoms with E-state index in [-0.39, 0.29) is 11.7 Å². The third kappa shape index (κ3) is 2.68. The van der Waals surface area contributed by atoms with Crippen LogP contribution in [0.3, 0.4) is 0 Å². The maximum Gasteiger partial charge on any atom is 0.328 e. The number of amides is 1. The number of hydrogen-bond acceptors (Lipinski definition) is 4. The molecule has 1 heterocycles. The zero-order valence-corrected chi connectivity index (χ0v) is 11.7. The smallest absolute Gasteiger partial charge is 0.328 e. The number of nitrogens with zero attached hydrogens (tertiary/aromatic N) is 1. The van der Waals surface area contributed by atoms with Gasteiger partial charge in [0.2, 0.25) is 5.91 Å². The Morgan fingerprint density at radius 1 is 1.41 bits per heavy atom. The van der Waals surface area contributed by atoms with E-state index in [1.54, 1.807) is 0 Å². The Kier molecular flexibility index (Phi) is 4.30. The van der Waals surface area contributed by atoms with E-state index in [9.17, 15) is 14.4 Å². The summed E-state index contributed by atoms with van der Waals surface area (Å²) >= 11 is 3.13. The highest BCUT2D eigenvalue weighted by atomic mass is 79.9. The van der Waals surface area contributed by atoms with E-state index in [0.29, 0.717) is 13.0 Å². The summed E-state index contributed by atoms with van der Waals surface area (Å²) in [5.41, 5.74) is 0. The van der Waals surface area contributed by atoms with Crippen molar-refractivity contribution in [3.8, 4) is 0 Å². The fraction of sp³-hybridized carbons (Fsp3) is 0.727. The number of likely N-dealkylation sites (tertiary alicyclic amines) is 1. The normalized spacial score (nSPS) is 23.1. The van der Waals surface area contributed by atoms with Crippen molar-refractivity contribution < 1.29 is 19.1 Å². The van der Waals surface area contributed by atoms with Crippen LogP contribution in [0.4, 0.5) is 0 Å². The Bertz CT molecular complexity index is 353. The predicted molar refractivity (Wildman–Crippen MR) is 64.8 cm³/mol. The molecule has 1 unspecified atom stereocenters. The molecule has 0 saturated carbocycles. The minimum atomic E-state index is -1.26. The molecule has 17 heavy (non-hydrogen) atoms.